The van der Waals surface area contributed by atoms with E-state index in [1.807, 2.05) is 55.5 Å². The van der Waals surface area contributed by atoms with Crippen LogP contribution < -0.4 is 4.90 Å². The minimum absolute atomic E-state index is 0.179. The summed E-state index contributed by atoms with van der Waals surface area (Å²) in [5.74, 6) is -0.229. The van der Waals surface area contributed by atoms with Gasteiger partial charge < -0.3 is 0 Å². The zero-order valence-electron chi connectivity index (χ0n) is 19.4. The van der Waals surface area contributed by atoms with Crippen LogP contribution in [-0.2, 0) is 16.6 Å². The van der Waals surface area contributed by atoms with Gasteiger partial charge in [-0.3, -0.25) is 9.69 Å². The monoisotopic (exact) mass is 493 g/mol. The summed E-state index contributed by atoms with van der Waals surface area (Å²) < 4.78 is 28.1. The van der Waals surface area contributed by atoms with E-state index in [9.17, 15) is 13.2 Å². The van der Waals surface area contributed by atoms with Crippen molar-refractivity contribution >= 4 is 42.6 Å². The van der Waals surface area contributed by atoms with Crippen molar-refractivity contribution in [1.29, 1.82) is 0 Å². The molecule has 6 nitrogen and oxygen atoms in total. The number of amides is 1. The van der Waals surface area contributed by atoms with E-state index in [0.717, 1.165) is 21.3 Å². The fraction of sp³-hybridized carbons (Fsp3) is 0.231. The molecule has 1 heterocycles. The van der Waals surface area contributed by atoms with Gasteiger partial charge in [-0.25, -0.2) is 13.4 Å². The molecule has 34 heavy (non-hydrogen) atoms. The summed E-state index contributed by atoms with van der Waals surface area (Å²) in [5.41, 5.74) is 3.32. The zero-order valence-corrected chi connectivity index (χ0v) is 21.1. The summed E-state index contributed by atoms with van der Waals surface area (Å²) in [6.07, 6.45) is 0. The van der Waals surface area contributed by atoms with Crippen LogP contribution in [0.15, 0.2) is 77.7 Å². The van der Waals surface area contributed by atoms with E-state index < -0.39 is 10.0 Å². The van der Waals surface area contributed by atoms with Crippen molar-refractivity contribution in [3.05, 3.63) is 89.5 Å². The van der Waals surface area contributed by atoms with E-state index in [2.05, 4.69) is 0 Å². The third kappa shape index (κ3) is 4.75. The molecule has 8 heteroatoms. The van der Waals surface area contributed by atoms with Gasteiger partial charge >= 0.3 is 0 Å². The van der Waals surface area contributed by atoms with Gasteiger partial charge in [0.15, 0.2) is 5.13 Å². The third-order valence-electron chi connectivity index (χ3n) is 5.71. The SMILES string of the molecule is CCN(CC)S(=O)(=O)c1ccc(C(=O)N(Cc2ccccc2)c2nc3c(C)cccc3s2)cc1. The molecule has 4 rings (SSSR count). The van der Waals surface area contributed by atoms with Gasteiger partial charge in [-0.05, 0) is 48.4 Å². The van der Waals surface area contributed by atoms with E-state index in [4.69, 9.17) is 4.98 Å². The summed E-state index contributed by atoms with van der Waals surface area (Å²) in [6, 6.07) is 21.9. The van der Waals surface area contributed by atoms with Crippen LogP contribution in [0.25, 0.3) is 10.2 Å². The molecule has 0 atom stereocenters. The number of para-hydroxylation sites is 1. The molecule has 0 aliphatic carbocycles. The van der Waals surface area contributed by atoms with Crippen LogP contribution in [0.1, 0.15) is 35.3 Å². The molecule has 1 amide bonds. The second kappa shape index (κ2) is 10.0. The van der Waals surface area contributed by atoms with Crippen molar-refractivity contribution in [3.8, 4) is 0 Å². The average Bonchev–Trinajstić information content (AvgIpc) is 3.29. The highest BCUT2D eigenvalue weighted by atomic mass is 32.2. The van der Waals surface area contributed by atoms with Gasteiger partial charge in [0.25, 0.3) is 5.91 Å². The largest absolute Gasteiger partial charge is 0.279 e. The molecule has 0 bridgehead atoms. The molecule has 0 fully saturated rings. The number of anilines is 1. The lowest BCUT2D eigenvalue weighted by molar-refractivity contribution is 0.0985. The van der Waals surface area contributed by atoms with Crippen molar-refractivity contribution in [3.63, 3.8) is 0 Å². The Hall–Kier alpha value is -3.07. The zero-order chi connectivity index (χ0) is 24.3. The number of fused-ring (bicyclic) bond motifs is 1. The second-order valence-corrected chi connectivity index (χ2v) is 10.9. The van der Waals surface area contributed by atoms with Gasteiger partial charge in [-0.1, -0.05) is 67.6 Å². The van der Waals surface area contributed by atoms with Gasteiger partial charge in [0, 0.05) is 18.7 Å². The minimum atomic E-state index is -3.59. The van der Waals surface area contributed by atoms with Gasteiger partial charge in [-0.2, -0.15) is 4.31 Å². The van der Waals surface area contributed by atoms with Crippen LogP contribution in [0.3, 0.4) is 0 Å². The molecule has 0 unspecified atom stereocenters. The molecule has 4 aromatic rings. The van der Waals surface area contributed by atoms with Crippen LogP contribution >= 0.6 is 11.3 Å². The van der Waals surface area contributed by atoms with E-state index in [-0.39, 0.29) is 10.8 Å². The molecule has 176 valence electrons. The maximum Gasteiger partial charge on any atom is 0.260 e. The number of sulfonamides is 1. The van der Waals surface area contributed by atoms with Crippen LogP contribution in [0, 0.1) is 6.92 Å². The molecule has 0 aliphatic heterocycles. The summed E-state index contributed by atoms with van der Waals surface area (Å²) in [6.45, 7) is 6.76. The lowest BCUT2D eigenvalue weighted by Crippen LogP contribution is -2.31. The van der Waals surface area contributed by atoms with Gasteiger partial charge in [-0.15, -0.1) is 0 Å². The Labute approximate surface area is 204 Å². The van der Waals surface area contributed by atoms with Gasteiger partial charge in [0.1, 0.15) is 0 Å². The number of thiazole rings is 1. The Balaban J connectivity index is 1.71. The molecular formula is C26H27N3O3S2. The number of benzene rings is 3. The Kier molecular flexibility index (Phi) is 7.11. The van der Waals surface area contributed by atoms with Crippen molar-refractivity contribution in [1.82, 2.24) is 9.29 Å². The lowest BCUT2D eigenvalue weighted by atomic mass is 10.1. The molecule has 0 spiro atoms. The summed E-state index contributed by atoms with van der Waals surface area (Å²) in [4.78, 5) is 20.3. The topological polar surface area (TPSA) is 70.6 Å². The maximum atomic E-state index is 13.7. The summed E-state index contributed by atoms with van der Waals surface area (Å²) >= 11 is 1.47. The number of carbonyl (C=O) groups excluding carboxylic acids is 1. The molecule has 0 saturated carbocycles. The number of aryl methyl sites for hydroxylation is 1. The Morgan fingerprint density at radius 2 is 1.59 bits per heavy atom. The normalized spacial score (nSPS) is 11.8. The predicted octanol–water partition coefficient (Wildman–Crippen LogP) is 5.48. The Morgan fingerprint density at radius 1 is 0.912 bits per heavy atom. The van der Waals surface area contributed by atoms with Crippen molar-refractivity contribution in [2.24, 2.45) is 0 Å². The van der Waals surface area contributed by atoms with Crippen LogP contribution in [0.4, 0.5) is 5.13 Å². The van der Waals surface area contributed by atoms with E-state index >= 15 is 0 Å². The minimum Gasteiger partial charge on any atom is -0.279 e. The number of hydrogen-bond acceptors (Lipinski definition) is 5. The van der Waals surface area contributed by atoms with E-state index in [0.29, 0.717) is 30.3 Å². The highest BCUT2D eigenvalue weighted by molar-refractivity contribution is 7.89. The first-order valence-electron chi connectivity index (χ1n) is 11.2. The molecule has 0 aliphatic rings. The first-order valence-corrected chi connectivity index (χ1v) is 13.4. The third-order valence-corrected chi connectivity index (χ3v) is 8.82. The predicted molar refractivity (Wildman–Crippen MR) is 138 cm³/mol. The Morgan fingerprint density at radius 3 is 2.21 bits per heavy atom. The molecule has 0 radical (unpaired) electrons. The Bertz CT molecular complexity index is 1390. The smallest absolute Gasteiger partial charge is 0.260 e. The number of hydrogen-bond donors (Lipinski definition) is 0. The first-order chi connectivity index (χ1) is 16.3. The van der Waals surface area contributed by atoms with Crippen molar-refractivity contribution in [2.45, 2.75) is 32.2 Å². The fourth-order valence-corrected chi connectivity index (χ4v) is 6.32. The number of aromatic nitrogens is 1. The fourth-order valence-electron chi connectivity index (χ4n) is 3.82. The number of carbonyl (C=O) groups is 1. The molecular weight excluding hydrogens is 466 g/mol. The molecule has 3 aromatic carbocycles. The van der Waals surface area contributed by atoms with Crippen LogP contribution in [0.5, 0.6) is 0 Å². The van der Waals surface area contributed by atoms with Crippen LogP contribution in [-0.4, -0.2) is 36.7 Å². The van der Waals surface area contributed by atoms with Crippen molar-refractivity contribution < 1.29 is 13.2 Å². The summed E-state index contributed by atoms with van der Waals surface area (Å²) in [5, 5.41) is 0.609. The standard InChI is InChI=1S/C26H27N3O3S2/c1-4-28(5-2)34(31,32)22-16-14-21(15-17-22)25(30)29(18-20-11-7-6-8-12-20)26-27-24-19(3)10-9-13-23(24)33-26/h6-17H,4-5,18H2,1-3H3. The van der Waals surface area contributed by atoms with Gasteiger partial charge in [0.2, 0.25) is 10.0 Å². The molecule has 0 saturated heterocycles. The molecule has 1 aromatic heterocycles. The first kappa shape index (κ1) is 24.1. The van der Waals surface area contributed by atoms with Crippen LogP contribution in [0.2, 0.25) is 0 Å². The lowest BCUT2D eigenvalue weighted by Gasteiger charge is -2.21. The quantitative estimate of drug-likeness (QED) is 0.326. The van der Waals surface area contributed by atoms with Gasteiger partial charge in [0.05, 0.1) is 21.7 Å². The summed E-state index contributed by atoms with van der Waals surface area (Å²) in [7, 11) is -3.59. The molecule has 0 N–H and O–H groups in total. The highest BCUT2D eigenvalue weighted by Gasteiger charge is 2.25. The average molecular weight is 494 g/mol. The van der Waals surface area contributed by atoms with E-state index in [1.54, 1.807) is 30.9 Å². The second-order valence-electron chi connectivity index (χ2n) is 7.91. The van der Waals surface area contributed by atoms with E-state index in [1.165, 1.54) is 27.8 Å². The number of nitrogens with zero attached hydrogens (tertiary/aromatic N) is 3. The number of rotatable bonds is 8. The maximum absolute atomic E-state index is 13.7. The van der Waals surface area contributed by atoms with Crippen molar-refractivity contribution in [2.75, 3.05) is 18.0 Å². The highest BCUT2D eigenvalue weighted by Crippen LogP contribution is 2.32.